The minimum absolute atomic E-state index is 0.120. The highest BCUT2D eigenvalue weighted by Gasteiger charge is 2.24. The SMILES string of the molecule is COc1ccc2c(CC(=O)N3CCN(c4nc5cccnc5s4)CC3)coc2c1. The van der Waals surface area contributed by atoms with Crippen molar-refractivity contribution in [3.63, 3.8) is 0 Å². The Morgan fingerprint density at radius 3 is 2.90 bits per heavy atom. The number of carbonyl (C=O) groups is 1. The molecule has 1 amide bonds. The van der Waals surface area contributed by atoms with Crippen molar-refractivity contribution in [1.29, 1.82) is 0 Å². The first kappa shape index (κ1) is 17.9. The molecule has 0 spiro atoms. The summed E-state index contributed by atoms with van der Waals surface area (Å²) in [6, 6.07) is 9.55. The van der Waals surface area contributed by atoms with Crippen molar-refractivity contribution in [2.24, 2.45) is 0 Å². The Kier molecular flexibility index (Phi) is 4.55. The molecule has 0 radical (unpaired) electrons. The van der Waals surface area contributed by atoms with Crippen LogP contribution >= 0.6 is 11.3 Å². The predicted octanol–water partition coefficient (Wildman–Crippen LogP) is 3.34. The molecule has 1 aliphatic heterocycles. The van der Waals surface area contributed by atoms with Gasteiger partial charge in [0.1, 0.15) is 21.7 Å². The number of piperazine rings is 1. The number of aromatic nitrogens is 2. The van der Waals surface area contributed by atoms with E-state index in [-0.39, 0.29) is 5.91 Å². The van der Waals surface area contributed by atoms with Gasteiger partial charge in [0, 0.05) is 49.4 Å². The third-order valence-corrected chi connectivity index (χ3v) is 6.30. The molecular weight excluding hydrogens is 388 g/mol. The first-order valence-corrected chi connectivity index (χ1v) is 10.3. The monoisotopic (exact) mass is 408 g/mol. The Balaban J connectivity index is 1.24. The lowest BCUT2D eigenvalue weighted by molar-refractivity contribution is -0.130. The molecule has 4 aromatic rings. The van der Waals surface area contributed by atoms with Crippen molar-refractivity contribution in [3.05, 3.63) is 48.4 Å². The van der Waals surface area contributed by atoms with E-state index in [1.807, 2.05) is 35.2 Å². The highest BCUT2D eigenvalue weighted by molar-refractivity contribution is 7.21. The quantitative estimate of drug-likeness (QED) is 0.516. The van der Waals surface area contributed by atoms with Crippen molar-refractivity contribution in [2.75, 3.05) is 38.2 Å². The van der Waals surface area contributed by atoms with Crippen LogP contribution in [-0.4, -0.2) is 54.1 Å². The second-order valence-corrected chi connectivity index (χ2v) is 7.95. The van der Waals surface area contributed by atoms with Gasteiger partial charge in [-0.05, 0) is 24.3 Å². The highest BCUT2D eigenvalue weighted by atomic mass is 32.1. The molecule has 0 saturated carbocycles. The van der Waals surface area contributed by atoms with Crippen molar-refractivity contribution < 1.29 is 13.9 Å². The normalized spacial score (nSPS) is 14.7. The molecule has 8 heteroatoms. The summed E-state index contributed by atoms with van der Waals surface area (Å²) in [6.45, 7) is 2.92. The molecular formula is C21H20N4O3S. The van der Waals surface area contributed by atoms with Gasteiger partial charge in [-0.15, -0.1) is 0 Å². The number of rotatable bonds is 4. The van der Waals surface area contributed by atoms with E-state index in [9.17, 15) is 4.79 Å². The number of ether oxygens (including phenoxy) is 1. The number of fused-ring (bicyclic) bond motifs is 2. The molecule has 0 bridgehead atoms. The lowest BCUT2D eigenvalue weighted by Gasteiger charge is -2.34. The van der Waals surface area contributed by atoms with Gasteiger partial charge < -0.3 is 19.0 Å². The summed E-state index contributed by atoms with van der Waals surface area (Å²) in [7, 11) is 1.62. The summed E-state index contributed by atoms with van der Waals surface area (Å²) in [4.78, 5) is 27.0. The maximum Gasteiger partial charge on any atom is 0.227 e. The van der Waals surface area contributed by atoms with Gasteiger partial charge in [-0.3, -0.25) is 4.79 Å². The first-order valence-electron chi connectivity index (χ1n) is 9.49. The van der Waals surface area contributed by atoms with E-state index in [0.29, 0.717) is 19.5 Å². The smallest absolute Gasteiger partial charge is 0.227 e. The molecule has 0 N–H and O–H groups in total. The number of carbonyl (C=O) groups excluding carboxylic acids is 1. The number of methoxy groups -OCH3 is 1. The Hall–Kier alpha value is -3.13. The van der Waals surface area contributed by atoms with E-state index in [0.717, 1.165) is 50.9 Å². The lowest BCUT2D eigenvalue weighted by atomic mass is 10.1. The molecule has 0 unspecified atom stereocenters. The second kappa shape index (κ2) is 7.36. The number of furan rings is 1. The Labute approximate surface area is 171 Å². The summed E-state index contributed by atoms with van der Waals surface area (Å²) in [5.41, 5.74) is 2.57. The molecule has 148 valence electrons. The maximum atomic E-state index is 12.8. The van der Waals surface area contributed by atoms with Gasteiger partial charge in [0.05, 0.1) is 19.8 Å². The number of thiazole rings is 1. The molecule has 4 heterocycles. The van der Waals surface area contributed by atoms with Crippen LogP contribution in [-0.2, 0) is 11.2 Å². The van der Waals surface area contributed by atoms with E-state index in [1.165, 1.54) is 0 Å². The topological polar surface area (TPSA) is 71.7 Å². The van der Waals surface area contributed by atoms with Crippen LogP contribution in [0.4, 0.5) is 5.13 Å². The molecule has 5 rings (SSSR count). The summed E-state index contributed by atoms with van der Waals surface area (Å²) < 4.78 is 10.8. The van der Waals surface area contributed by atoms with Crippen LogP contribution in [0, 0.1) is 0 Å². The molecule has 29 heavy (non-hydrogen) atoms. The zero-order valence-corrected chi connectivity index (χ0v) is 16.8. The van der Waals surface area contributed by atoms with Gasteiger partial charge in [0.25, 0.3) is 0 Å². The predicted molar refractivity (Wildman–Crippen MR) is 113 cm³/mol. The van der Waals surface area contributed by atoms with Crippen LogP contribution < -0.4 is 9.64 Å². The van der Waals surface area contributed by atoms with Crippen molar-refractivity contribution in [3.8, 4) is 5.75 Å². The van der Waals surface area contributed by atoms with E-state index >= 15 is 0 Å². The summed E-state index contributed by atoms with van der Waals surface area (Å²) in [5, 5.41) is 1.93. The molecule has 0 atom stereocenters. The highest BCUT2D eigenvalue weighted by Crippen LogP contribution is 2.28. The van der Waals surface area contributed by atoms with Crippen LogP contribution in [0.1, 0.15) is 5.56 Å². The number of anilines is 1. The van der Waals surface area contributed by atoms with Gasteiger partial charge >= 0.3 is 0 Å². The van der Waals surface area contributed by atoms with Crippen molar-refractivity contribution in [2.45, 2.75) is 6.42 Å². The molecule has 1 fully saturated rings. The number of pyridine rings is 1. The molecule has 1 aliphatic rings. The number of nitrogens with zero attached hydrogens (tertiary/aromatic N) is 4. The molecule has 0 aliphatic carbocycles. The summed E-state index contributed by atoms with van der Waals surface area (Å²) in [5.74, 6) is 0.861. The third-order valence-electron chi connectivity index (χ3n) is 5.26. The standard InChI is InChI=1S/C21H20N4O3S/c1-27-15-4-5-16-14(13-28-18(16)12-15)11-19(26)24-7-9-25(10-8-24)21-23-17-3-2-6-22-20(17)29-21/h2-6,12-13H,7-11H2,1H3. The van der Waals surface area contributed by atoms with Gasteiger partial charge in [-0.1, -0.05) is 11.3 Å². The molecule has 3 aromatic heterocycles. The summed E-state index contributed by atoms with van der Waals surface area (Å²) in [6.07, 6.45) is 3.80. The van der Waals surface area contributed by atoms with Crippen molar-refractivity contribution in [1.82, 2.24) is 14.9 Å². The number of amides is 1. The fraction of sp³-hybridized carbons (Fsp3) is 0.286. The molecule has 1 saturated heterocycles. The van der Waals surface area contributed by atoms with E-state index in [4.69, 9.17) is 9.15 Å². The van der Waals surface area contributed by atoms with Gasteiger partial charge in [0.15, 0.2) is 5.13 Å². The number of hydrogen-bond donors (Lipinski definition) is 0. The summed E-state index contributed by atoms with van der Waals surface area (Å²) >= 11 is 1.60. The Morgan fingerprint density at radius 1 is 1.24 bits per heavy atom. The van der Waals surface area contributed by atoms with E-state index in [1.54, 1.807) is 30.9 Å². The maximum absolute atomic E-state index is 12.8. The zero-order valence-electron chi connectivity index (χ0n) is 16.0. The zero-order chi connectivity index (χ0) is 19.8. The van der Waals surface area contributed by atoms with Gasteiger partial charge in [-0.2, -0.15) is 0 Å². The van der Waals surface area contributed by atoms with Crippen LogP contribution in [0.5, 0.6) is 5.75 Å². The van der Waals surface area contributed by atoms with Crippen LogP contribution in [0.2, 0.25) is 0 Å². The van der Waals surface area contributed by atoms with E-state index < -0.39 is 0 Å². The fourth-order valence-corrected chi connectivity index (χ4v) is 4.60. The first-order chi connectivity index (χ1) is 14.2. The molecule has 7 nitrogen and oxygen atoms in total. The Morgan fingerprint density at radius 2 is 2.10 bits per heavy atom. The van der Waals surface area contributed by atoms with Crippen LogP contribution in [0.15, 0.2) is 47.2 Å². The average Bonchev–Trinajstić information content (AvgIpc) is 3.37. The van der Waals surface area contributed by atoms with Crippen LogP contribution in [0.3, 0.4) is 0 Å². The minimum atomic E-state index is 0.120. The lowest BCUT2D eigenvalue weighted by Crippen LogP contribution is -2.49. The third kappa shape index (κ3) is 3.40. The van der Waals surface area contributed by atoms with Crippen LogP contribution in [0.25, 0.3) is 21.3 Å². The van der Waals surface area contributed by atoms with E-state index in [2.05, 4.69) is 14.9 Å². The number of benzene rings is 1. The van der Waals surface area contributed by atoms with Crippen molar-refractivity contribution >= 4 is 43.7 Å². The van der Waals surface area contributed by atoms with Gasteiger partial charge in [0.2, 0.25) is 5.91 Å². The minimum Gasteiger partial charge on any atom is -0.497 e. The second-order valence-electron chi connectivity index (χ2n) is 6.99. The fourth-order valence-electron chi connectivity index (χ4n) is 3.64. The average molecular weight is 408 g/mol. The Bertz CT molecular complexity index is 1140. The molecule has 1 aromatic carbocycles. The van der Waals surface area contributed by atoms with Gasteiger partial charge in [-0.25, -0.2) is 9.97 Å². The number of hydrogen-bond acceptors (Lipinski definition) is 7. The largest absolute Gasteiger partial charge is 0.497 e.